The molecule has 3 aromatic heterocycles. The summed E-state index contributed by atoms with van der Waals surface area (Å²) >= 11 is 0. The summed E-state index contributed by atoms with van der Waals surface area (Å²) in [5.41, 5.74) is 9.59. The molecule has 9 aliphatic rings. The van der Waals surface area contributed by atoms with Crippen molar-refractivity contribution in [3.63, 3.8) is 0 Å². The number of aryl methyl sites for hydroxylation is 1. The van der Waals surface area contributed by atoms with Crippen LogP contribution in [0.25, 0.3) is 33.4 Å². The zero-order chi connectivity index (χ0) is 89.1. The van der Waals surface area contributed by atoms with E-state index in [0.29, 0.717) is 88.7 Å². The van der Waals surface area contributed by atoms with E-state index in [1.807, 2.05) is 72.8 Å². The number of halogens is 9. The Morgan fingerprint density at radius 2 is 0.762 bits per heavy atom. The van der Waals surface area contributed by atoms with E-state index in [0.717, 1.165) is 159 Å². The van der Waals surface area contributed by atoms with Gasteiger partial charge in [-0.1, -0.05) is 12.1 Å². The number of carbonyl (C=O) groups excluding carboxylic acids is 3. The Morgan fingerprint density at radius 1 is 0.405 bits per heavy atom. The molecule has 6 saturated heterocycles. The van der Waals surface area contributed by atoms with E-state index < -0.39 is 137 Å². The first-order valence-corrected chi connectivity index (χ1v) is 41.8. The SMILES string of the molecule is COc1cc2c(cc1-c1ccc(N3CCC3)nc1CN1C(=O)O[C@H](c3cc(F)c(F)c(F)c3)[C@@H]1C)[C@H](C(=O)O)CC2.COc1ccc(C2CCC(C(=O)O)CC2)cc1-c1ccc(N2CCC2)nc1CN1C(=O)O[C@H](c2cc(F)c(F)c(F)c2)[C@@H]1C.COc1ccc([C@@H]2C[C@H]2C(=O)O)cc1-c1ccc(N2CCC2)nc1CN1C(=O)O[C@H](c2cc(F)c(F)c(F)c2)[C@@H]1C. The van der Waals surface area contributed by atoms with Crippen molar-refractivity contribution in [1.82, 2.24) is 29.7 Å². The van der Waals surface area contributed by atoms with Crippen molar-refractivity contribution in [2.24, 2.45) is 11.8 Å². The molecule has 9 aromatic rings. The van der Waals surface area contributed by atoms with Crippen LogP contribution in [0.2, 0.25) is 0 Å². The van der Waals surface area contributed by atoms with Gasteiger partial charge < -0.3 is 58.4 Å². The van der Waals surface area contributed by atoms with E-state index in [1.165, 1.54) is 14.7 Å². The van der Waals surface area contributed by atoms with Gasteiger partial charge in [-0.25, -0.2) is 68.8 Å². The number of methoxy groups -OCH3 is 3. The van der Waals surface area contributed by atoms with Gasteiger partial charge in [-0.15, -0.1) is 0 Å². The maximum Gasteiger partial charge on any atom is 0.411 e. The highest BCUT2D eigenvalue weighted by Gasteiger charge is 2.47. The third kappa shape index (κ3) is 17.1. The number of benzene rings is 6. The molecule has 0 unspecified atom stereocenters. The lowest BCUT2D eigenvalue weighted by atomic mass is 9.78. The van der Waals surface area contributed by atoms with Gasteiger partial charge >= 0.3 is 36.2 Å². The quantitative estimate of drug-likeness (QED) is 0.0305. The number of amides is 3. The Balaban J connectivity index is 0.000000139. The molecule has 2 saturated carbocycles. The Kier molecular flexibility index (Phi) is 24.5. The van der Waals surface area contributed by atoms with E-state index in [-0.39, 0.29) is 54.1 Å². The fraction of sp³-hybridized carbons (Fsp3) is 0.387. The third-order valence-corrected chi connectivity index (χ3v) is 25.8. The second-order valence-corrected chi connectivity index (χ2v) is 33.2. The molecule has 0 bridgehead atoms. The maximum atomic E-state index is 14.0. The van der Waals surface area contributed by atoms with Gasteiger partial charge in [-0.2, -0.15) is 0 Å². The first-order chi connectivity index (χ1) is 60.4. The highest BCUT2D eigenvalue weighted by atomic mass is 19.2. The van der Waals surface area contributed by atoms with Gasteiger partial charge in [0.05, 0.1) is 93.9 Å². The van der Waals surface area contributed by atoms with Crippen LogP contribution < -0.4 is 28.9 Å². The molecule has 3 N–H and O–H groups in total. The first kappa shape index (κ1) is 86.7. The number of aromatic nitrogens is 3. The predicted molar refractivity (Wildman–Crippen MR) is 440 cm³/mol. The number of ether oxygens (including phenoxy) is 6. The number of hydrogen-bond donors (Lipinski definition) is 3. The number of nitrogens with zero attached hydrogens (tertiary/aromatic N) is 9. The van der Waals surface area contributed by atoms with Crippen LogP contribution in [0, 0.1) is 64.2 Å². The normalized spacial score (nSPS) is 22.7. The summed E-state index contributed by atoms with van der Waals surface area (Å²) in [4.78, 5) is 99.6. The molecular weight excluding hydrogens is 1650 g/mol. The Bertz CT molecular complexity index is 5730. The number of carbonyl (C=O) groups is 6. The molecule has 126 heavy (non-hydrogen) atoms. The van der Waals surface area contributed by atoms with Crippen molar-refractivity contribution in [2.45, 2.75) is 159 Å². The summed E-state index contributed by atoms with van der Waals surface area (Å²) in [6, 6.07) is 29.9. The van der Waals surface area contributed by atoms with Gasteiger partial charge in [0.1, 0.15) is 53.0 Å². The van der Waals surface area contributed by atoms with Gasteiger partial charge in [0.25, 0.3) is 0 Å². The zero-order valence-corrected chi connectivity index (χ0v) is 69.5. The minimum Gasteiger partial charge on any atom is -0.496 e. The molecule has 3 amide bonds. The van der Waals surface area contributed by atoms with E-state index >= 15 is 0 Å². The van der Waals surface area contributed by atoms with Crippen molar-refractivity contribution in [3.05, 3.63) is 230 Å². The molecule has 9 atom stereocenters. The van der Waals surface area contributed by atoms with Crippen LogP contribution in [-0.2, 0) is 54.6 Å². The lowest BCUT2D eigenvalue weighted by Gasteiger charge is -2.33. The molecule has 6 aromatic carbocycles. The molecule has 0 spiro atoms. The van der Waals surface area contributed by atoms with Crippen LogP contribution in [-0.4, -0.2) is 160 Å². The number of rotatable bonds is 23. The minimum atomic E-state index is -1.59. The van der Waals surface area contributed by atoms with Gasteiger partial charge in [0.2, 0.25) is 0 Å². The number of carboxylic acid groups (broad SMARTS) is 3. The second-order valence-electron chi connectivity index (χ2n) is 33.2. The van der Waals surface area contributed by atoms with Crippen molar-refractivity contribution in [2.75, 3.05) is 75.3 Å². The number of hydrogen-bond acceptors (Lipinski definition) is 18. The number of aliphatic carboxylic acids is 3. The average Bonchev–Trinajstić information content (AvgIpc) is 1.62. The van der Waals surface area contributed by atoms with Crippen molar-refractivity contribution < 1.29 is 112 Å². The van der Waals surface area contributed by atoms with Gasteiger partial charge in [-0.05, 0) is 228 Å². The summed E-state index contributed by atoms with van der Waals surface area (Å²) in [6.45, 7) is 10.3. The van der Waals surface area contributed by atoms with Gasteiger partial charge in [0.15, 0.2) is 52.4 Å². The smallest absolute Gasteiger partial charge is 0.411 e. The number of pyridine rings is 3. The maximum absolute atomic E-state index is 14.0. The summed E-state index contributed by atoms with van der Waals surface area (Å²) in [6.07, 6.45) is 2.48. The van der Waals surface area contributed by atoms with Crippen LogP contribution >= 0.6 is 0 Å². The predicted octanol–water partition coefficient (Wildman–Crippen LogP) is 18.1. The number of carboxylic acids is 3. The Morgan fingerprint density at radius 3 is 1.09 bits per heavy atom. The molecule has 18 rings (SSSR count). The molecule has 6 aliphatic heterocycles. The van der Waals surface area contributed by atoms with Crippen LogP contribution in [0.4, 0.5) is 71.4 Å². The van der Waals surface area contributed by atoms with Crippen LogP contribution in [0.15, 0.2) is 121 Å². The third-order valence-electron chi connectivity index (χ3n) is 25.8. The molecule has 33 heteroatoms. The monoisotopic (exact) mass is 1740 g/mol. The summed E-state index contributed by atoms with van der Waals surface area (Å²) in [5, 5.41) is 28.6. The average molecular weight is 1740 g/mol. The molecule has 9 heterocycles. The molecule has 3 aliphatic carbocycles. The number of cyclic esters (lactones) is 3. The van der Waals surface area contributed by atoms with Gasteiger partial charge in [0, 0.05) is 89.3 Å². The van der Waals surface area contributed by atoms with Crippen LogP contribution in [0.3, 0.4) is 0 Å². The first-order valence-electron chi connectivity index (χ1n) is 41.8. The fourth-order valence-corrected chi connectivity index (χ4v) is 18.0. The van der Waals surface area contributed by atoms with Crippen LogP contribution in [0.1, 0.15) is 171 Å². The summed E-state index contributed by atoms with van der Waals surface area (Å²) in [7, 11) is 4.67. The lowest BCUT2D eigenvalue weighted by Crippen LogP contribution is -2.38. The van der Waals surface area contributed by atoms with Crippen molar-refractivity contribution in [3.8, 4) is 50.6 Å². The zero-order valence-electron chi connectivity index (χ0n) is 69.5. The standard InChI is InChI=1S/C33H34F3N3O5.2C30H28F3N3O5/c1-18-31(22-15-25(34)30(36)26(35)16-22)44-33(42)39(18)17-27-23(9-11-29(37-27)38-12-3-13-38)24-14-21(8-10-28(24)43-2)19-4-6-20(7-5-19)32(40)41;1-15-28(17-11-22(31)27(33)23(32)12-17)41-30(39)36(15)14-24-18(5-7-26(34-24)35-8-3-9-35)20-10-16(4-6-25(20)40-2)19-13-21(19)29(37)38;1-15-28(17-10-22(31)27(33)23(32)11-17)41-30(39)36(15)14-24-18(6-7-26(34-24)35-8-3-9-35)21-13-20-16(12-25(21)40-2)4-5-19(20)29(37)38/h8-11,14-16,18-20,31H,3-7,12-13,17H2,1-2H3,(H,40,41);4-7,10-12,15,19,21,28H,3,8-9,13-14H2,1-2H3,(H,37,38);6-7,10-13,15,19,28H,3-5,8-9,14H2,1-2H3,(H,37,38)/t18-,19?,20?,31-;15-,19-,21+,28-;15-,19+,28-/m000/s1. The fourth-order valence-electron chi connectivity index (χ4n) is 18.0. The van der Waals surface area contributed by atoms with E-state index in [4.69, 9.17) is 43.4 Å². The second kappa shape index (κ2) is 35.7. The van der Waals surface area contributed by atoms with E-state index in [9.17, 15) is 83.6 Å². The molecule has 660 valence electrons. The Hall–Kier alpha value is -12.8. The lowest BCUT2D eigenvalue weighted by molar-refractivity contribution is -0.143. The molecular formula is C93H90F9N9O15. The number of fused-ring (bicyclic) bond motifs is 1. The number of anilines is 3. The van der Waals surface area contributed by atoms with Crippen LogP contribution in [0.5, 0.6) is 17.2 Å². The molecule has 8 fully saturated rings. The Labute approximate surface area is 718 Å². The summed E-state index contributed by atoms with van der Waals surface area (Å²) in [5.74, 6) is -12.6. The minimum absolute atomic E-state index is 0.00225. The molecule has 24 nitrogen and oxygen atoms in total. The summed E-state index contributed by atoms with van der Waals surface area (Å²) < 4.78 is 158. The van der Waals surface area contributed by atoms with Gasteiger partial charge in [-0.3, -0.25) is 29.1 Å². The largest absolute Gasteiger partial charge is 0.496 e. The van der Waals surface area contributed by atoms with E-state index in [2.05, 4.69) is 20.8 Å². The van der Waals surface area contributed by atoms with Crippen molar-refractivity contribution >= 4 is 53.6 Å². The van der Waals surface area contributed by atoms with E-state index in [1.54, 1.807) is 48.2 Å². The van der Waals surface area contributed by atoms with Crippen molar-refractivity contribution in [1.29, 1.82) is 0 Å². The molecule has 0 radical (unpaired) electrons. The highest BCUT2D eigenvalue weighted by Crippen LogP contribution is 2.51. The topological polar surface area (TPSA) is 277 Å². The highest BCUT2D eigenvalue weighted by molar-refractivity contribution is 5.84.